The van der Waals surface area contributed by atoms with Crippen LogP contribution in [0, 0.1) is 10.5 Å². The molecule has 0 saturated heterocycles. The fourth-order valence-corrected chi connectivity index (χ4v) is 2.47. The Morgan fingerprint density at radius 3 is 2.44 bits per heavy atom. The minimum Gasteiger partial charge on any atom is -0.296 e. The van der Waals surface area contributed by atoms with Crippen LogP contribution in [0.2, 0.25) is 0 Å². The van der Waals surface area contributed by atoms with E-state index in [-0.39, 0.29) is 5.56 Å². The van der Waals surface area contributed by atoms with E-state index < -0.39 is 0 Å². The number of unbranched alkanes of at least 4 members (excludes halogenated alkanes) is 6. The molecule has 1 aromatic heterocycles. The molecule has 0 atom stereocenters. The van der Waals surface area contributed by atoms with E-state index in [1.165, 1.54) is 38.5 Å². The van der Waals surface area contributed by atoms with Crippen LogP contribution in [0.3, 0.4) is 0 Å². The van der Waals surface area contributed by atoms with Crippen LogP contribution in [-0.2, 0) is 6.54 Å². The number of rotatable bonds is 8. The van der Waals surface area contributed by atoms with Crippen LogP contribution in [-0.4, -0.2) is 9.55 Å². The first-order chi connectivity index (χ1) is 8.66. The summed E-state index contributed by atoms with van der Waals surface area (Å²) in [7, 11) is 0. The first-order valence-electron chi connectivity index (χ1n) is 6.88. The first kappa shape index (κ1) is 15.7. The van der Waals surface area contributed by atoms with Crippen molar-refractivity contribution in [3.05, 3.63) is 25.9 Å². The zero-order chi connectivity index (χ0) is 13.4. The highest BCUT2D eigenvalue weighted by Crippen LogP contribution is 2.08. The topological polar surface area (TPSA) is 34.9 Å². The zero-order valence-electron chi connectivity index (χ0n) is 11.4. The predicted octanol–water partition coefficient (Wildman–Crippen LogP) is 3.91. The molecular formula is C14H23IN2O. The average molecular weight is 362 g/mol. The lowest BCUT2D eigenvalue weighted by molar-refractivity contribution is 0.530. The van der Waals surface area contributed by atoms with Gasteiger partial charge in [0.25, 0.3) is 5.56 Å². The van der Waals surface area contributed by atoms with E-state index in [1.54, 1.807) is 10.8 Å². The van der Waals surface area contributed by atoms with Gasteiger partial charge in [-0.3, -0.25) is 9.36 Å². The minimum absolute atomic E-state index is 0.106. The normalized spacial score (nSPS) is 10.8. The second-order valence-corrected chi connectivity index (χ2v) is 5.89. The lowest BCUT2D eigenvalue weighted by Gasteiger charge is -2.09. The Morgan fingerprint density at radius 1 is 1.17 bits per heavy atom. The van der Waals surface area contributed by atoms with E-state index in [0.717, 1.165) is 18.8 Å². The van der Waals surface area contributed by atoms with E-state index in [1.807, 2.05) is 6.92 Å². The third-order valence-corrected chi connectivity index (χ3v) is 3.93. The number of aromatic nitrogens is 2. The van der Waals surface area contributed by atoms with Gasteiger partial charge < -0.3 is 0 Å². The average Bonchev–Trinajstić information content (AvgIpc) is 2.36. The maximum absolute atomic E-state index is 11.9. The minimum atomic E-state index is 0.106. The third kappa shape index (κ3) is 5.08. The Labute approximate surface area is 123 Å². The Kier molecular flexibility index (Phi) is 7.54. The molecule has 0 aliphatic rings. The summed E-state index contributed by atoms with van der Waals surface area (Å²) in [6, 6.07) is 0. The smallest absolute Gasteiger partial charge is 0.266 e. The van der Waals surface area contributed by atoms with Crippen molar-refractivity contribution >= 4 is 22.6 Å². The van der Waals surface area contributed by atoms with Gasteiger partial charge in [0.05, 0.1) is 3.57 Å². The van der Waals surface area contributed by atoms with E-state index in [2.05, 4.69) is 34.5 Å². The van der Waals surface area contributed by atoms with Gasteiger partial charge in [-0.1, -0.05) is 45.4 Å². The van der Waals surface area contributed by atoms with Gasteiger partial charge in [0.2, 0.25) is 0 Å². The van der Waals surface area contributed by atoms with Crippen LogP contribution in [0.1, 0.15) is 57.7 Å². The van der Waals surface area contributed by atoms with Gasteiger partial charge in [-0.25, -0.2) is 4.98 Å². The van der Waals surface area contributed by atoms with Gasteiger partial charge >= 0.3 is 0 Å². The van der Waals surface area contributed by atoms with Crippen LogP contribution < -0.4 is 5.56 Å². The second kappa shape index (κ2) is 8.67. The number of nitrogens with zero attached hydrogens (tertiary/aromatic N) is 2. The number of halogens is 1. The van der Waals surface area contributed by atoms with Gasteiger partial charge in [-0.15, -0.1) is 0 Å². The number of aryl methyl sites for hydroxylation is 1. The molecule has 0 fully saturated rings. The van der Waals surface area contributed by atoms with Crippen molar-refractivity contribution in [1.29, 1.82) is 0 Å². The molecule has 0 aromatic carbocycles. The van der Waals surface area contributed by atoms with Crippen LogP contribution in [0.4, 0.5) is 0 Å². The number of hydrogen-bond acceptors (Lipinski definition) is 2. The Morgan fingerprint density at radius 2 is 1.78 bits per heavy atom. The van der Waals surface area contributed by atoms with Crippen molar-refractivity contribution in [2.75, 3.05) is 0 Å². The van der Waals surface area contributed by atoms with Gasteiger partial charge in [0.1, 0.15) is 5.82 Å². The summed E-state index contributed by atoms with van der Waals surface area (Å²) < 4.78 is 2.51. The fraction of sp³-hybridized carbons (Fsp3) is 0.714. The molecule has 18 heavy (non-hydrogen) atoms. The summed E-state index contributed by atoms with van der Waals surface area (Å²) in [5.41, 5.74) is 0.106. The summed E-state index contributed by atoms with van der Waals surface area (Å²) in [5, 5.41) is 0. The predicted molar refractivity (Wildman–Crippen MR) is 83.9 cm³/mol. The largest absolute Gasteiger partial charge is 0.296 e. The molecule has 1 rings (SSSR count). The number of hydrogen-bond donors (Lipinski definition) is 0. The van der Waals surface area contributed by atoms with Crippen molar-refractivity contribution in [3.63, 3.8) is 0 Å². The molecule has 0 amide bonds. The van der Waals surface area contributed by atoms with Crippen LogP contribution >= 0.6 is 22.6 Å². The van der Waals surface area contributed by atoms with Crippen LogP contribution in [0.25, 0.3) is 0 Å². The highest BCUT2D eigenvalue weighted by atomic mass is 127. The molecule has 0 N–H and O–H groups in total. The van der Waals surface area contributed by atoms with E-state index >= 15 is 0 Å². The molecule has 0 radical (unpaired) electrons. The van der Waals surface area contributed by atoms with E-state index in [0.29, 0.717) is 3.57 Å². The van der Waals surface area contributed by atoms with E-state index in [9.17, 15) is 4.79 Å². The molecule has 0 unspecified atom stereocenters. The first-order valence-corrected chi connectivity index (χ1v) is 7.96. The molecule has 3 nitrogen and oxygen atoms in total. The lowest BCUT2D eigenvalue weighted by atomic mass is 10.1. The van der Waals surface area contributed by atoms with Crippen LogP contribution in [0.15, 0.2) is 11.0 Å². The fourth-order valence-electron chi connectivity index (χ4n) is 2.04. The van der Waals surface area contributed by atoms with Gasteiger partial charge in [-0.05, 0) is 35.9 Å². The van der Waals surface area contributed by atoms with Crippen molar-refractivity contribution in [3.8, 4) is 0 Å². The van der Waals surface area contributed by atoms with E-state index in [4.69, 9.17) is 0 Å². The van der Waals surface area contributed by atoms with Crippen LogP contribution in [0.5, 0.6) is 0 Å². The van der Waals surface area contributed by atoms with Crippen molar-refractivity contribution in [2.24, 2.45) is 0 Å². The zero-order valence-corrected chi connectivity index (χ0v) is 13.6. The molecular weight excluding hydrogens is 339 g/mol. The van der Waals surface area contributed by atoms with Gasteiger partial charge in [0.15, 0.2) is 0 Å². The molecule has 4 heteroatoms. The SMILES string of the molecule is CCCCCCCCCn1c(C)ncc(I)c1=O. The van der Waals surface area contributed by atoms with Gasteiger partial charge in [-0.2, -0.15) is 0 Å². The Hall–Kier alpha value is -0.390. The molecule has 0 bridgehead atoms. The summed E-state index contributed by atoms with van der Waals surface area (Å²) in [6.07, 6.45) is 10.5. The highest BCUT2D eigenvalue weighted by Gasteiger charge is 2.04. The van der Waals surface area contributed by atoms with Gasteiger partial charge in [0, 0.05) is 12.7 Å². The Balaban J connectivity index is 2.32. The molecule has 102 valence electrons. The standard InChI is InChI=1S/C14H23IN2O/c1-3-4-5-6-7-8-9-10-17-12(2)16-11-13(15)14(17)18/h11H,3-10H2,1-2H3. The molecule has 0 spiro atoms. The van der Waals surface area contributed by atoms with Crippen molar-refractivity contribution in [2.45, 2.75) is 65.3 Å². The molecule has 1 heterocycles. The maximum Gasteiger partial charge on any atom is 0.266 e. The van der Waals surface area contributed by atoms with Crippen molar-refractivity contribution < 1.29 is 0 Å². The molecule has 1 aromatic rings. The summed E-state index contributed by atoms with van der Waals surface area (Å²) in [5.74, 6) is 0.825. The monoisotopic (exact) mass is 362 g/mol. The molecule has 0 aliphatic heterocycles. The molecule has 0 saturated carbocycles. The second-order valence-electron chi connectivity index (χ2n) is 4.73. The highest BCUT2D eigenvalue weighted by molar-refractivity contribution is 14.1. The summed E-state index contributed by atoms with van der Waals surface area (Å²) in [4.78, 5) is 16.1. The summed E-state index contributed by atoms with van der Waals surface area (Å²) in [6.45, 7) is 4.94. The molecule has 0 aliphatic carbocycles. The summed E-state index contributed by atoms with van der Waals surface area (Å²) >= 11 is 2.05. The van der Waals surface area contributed by atoms with Crippen molar-refractivity contribution in [1.82, 2.24) is 9.55 Å². The third-order valence-electron chi connectivity index (χ3n) is 3.19. The quantitative estimate of drug-likeness (QED) is 0.519. The Bertz CT molecular complexity index is 415. The lowest BCUT2D eigenvalue weighted by Crippen LogP contribution is -2.25. The maximum atomic E-state index is 11.9.